The molecule has 0 aromatic heterocycles. The van der Waals surface area contributed by atoms with Gasteiger partial charge in [-0.15, -0.1) is 0 Å². The van der Waals surface area contributed by atoms with E-state index >= 15 is 0 Å². The van der Waals surface area contributed by atoms with Crippen LogP contribution in [0.15, 0.2) is 42.5 Å². The van der Waals surface area contributed by atoms with Crippen LogP contribution < -0.4 is 16.0 Å². The maximum Gasteiger partial charge on any atom is 0.243 e. The summed E-state index contributed by atoms with van der Waals surface area (Å²) in [6.07, 6.45) is 15.3. The highest BCUT2D eigenvalue weighted by molar-refractivity contribution is 5.94. The Morgan fingerprint density at radius 2 is 1.48 bits per heavy atom. The standard InChI is InChI=1S/C40H59N3O5/c1-4-5-6-7-8-9-10-11-12-24-38(46)42-36(27-31-21-17-20-30-18-13-15-22-34(30)31)40(48)43-35(25-29(2)3)39(47)41-33(28-44)26-32-19-14-16-23-37(32)45/h13,15,17-18,20-22,28-29,32-33,35-36H,4-12,14,16,19,23-27H2,1-3H3,(H,41,47)(H,42,46)(H,43,48)/t32-,33?,35?,36?/m0/s1. The maximum absolute atomic E-state index is 13.9. The second-order valence-corrected chi connectivity index (χ2v) is 14.1. The highest BCUT2D eigenvalue weighted by Gasteiger charge is 2.31. The van der Waals surface area contributed by atoms with Crippen LogP contribution in [0.25, 0.3) is 10.8 Å². The minimum atomic E-state index is -0.897. The Morgan fingerprint density at radius 1 is 0.812 bits per heavy atom. The first-order chi connectivity index (χ1) is 23.2. The van der Waals surface area contributed by atoms with Crippen molar-refractivity contribution >= 4 is 40.6 Å². The molecule has 2 aromatic rings. The third-order valence-corrected chi connectivity index (χ3v) is 9.51. The minimum absolute atomic E-state index is 0.0772. The van der Waals surface area contributed by atoms with E-state index in [1.165, 1.54) is 38.5 Å². The fourth-order valence-electron chi connectivity index (χ4n) is 6.78. The second-order valence-electron chi connectivity index (χ2n) is 14.1. The molecule has 1 aliphatic carbocycles. The summed E-state index contributed by atoms with van der Waals surface area (Å²) in [7, 11) is 0. The zero-order valence-electron chi connectivity index (χ0n) is 29.6. The highest BCUT2D eigenvalue weighted by atomic mass is 16.2. The van der Waals surface area contributed by atoms with E-state index in [9.17, 15) is 24.0 Å². The van der Waals surface area contributed by atoms with Gasteiger partial charge < -0.3 is 20.7 Å². The molecule has 48 heavy (non-hydrogen) atoms. The molecule has 4 atom stereocenters. The van der Waals surface area contributed by atoms with Crippen molar-refractivity contribution in [3.8, 4) is 0 Å². The van der Waals surface area contributed by atoms with Crippen LogP contribution in [0, 0.1) is 11.8 Å². The quantitative estimate of drug-likeness (QED) is 0.0914. The van der Waals surface area contributed by atoms with E-state index in [0.717, 1.165) is 54.9 Å². The van der Waals surface area contributed by atoms with Crippen molar-refractivity contribution in [2.75, 3.05) is 0 Å². The van der Waals surface area contributed by atoms with Gasteiger partial charge in [0.2, 0.25) is 17.7 Å². The van der Waals surface area contributed by atoms with E-state index in [1.54, 1.807) is 0 Å². The number of carbonyl (C=O) groups excluding carboxylic acids is 5. The van der Waals surface area contributed by atoms with Gasteiger partial charge in [0, 0.05) is 25.2 Å². The molecule has 0 saturated heterocycles. The summed E-state index contributed by atoms with van der Waals surface area (Å²) < 4.78 is 0. The molecule has 8 nitrogen and oxygen atoms in total. The normalized spacial score (nSPS) is 16.7. The number of nitrogens with one attached hydrogen (secondary N) is 3. The van der Waals surface area contributed by atoms with Crippen molar-refractivity contribution in [2.45, 2.75) is 148 Å². The predicted octanol–water partition coefficient (Wildman–Crippen LogP) is 7.15. The molecule has 3 unspecified atom stereocenters. The van der Waals surface area contributed by atoms with Gasteiger partial charge >= 0.3 is 0 Å². The molecule has 0 spiro atoms. The number of amides is 3. The Balaban J connectivity index is 1.68. The van der Waals surface area contributed by atoms with Crippen molar-refractivity contribution in [3.05, 3.63) is 48.0 Å². The molecule has 2 aromatic carbocycles. The molecule has 1 aliphatic rings. The van der Waals surface area contributed by atoms with Crippen LogP contribution >= 0.6 is 0 Å². The molecule has 0 radical (unpaired) electrons. The Bertz CT molecular complexity index is 1320. The Hall–Kier alpha value is -3.55. The Morgan fingerprint density at radius 3 is 2.17 bits per heavy atom. The highest BCUT2D eigenvalue weighted by Crippen LogP contribution is 2.25. The smallest absolute Gasteiger partial charge is 0.243 e. The average molecular weight is 662 g/mol. The monoisotopic (exact) mass is 661 g/mol. The Labute approximate surface area is 288 Å². The first-order valence-corrected chi connectivity index (χ1v) is 18.6. The summed E-state index contributed by atoms with van der Waals surface area (Å²) in [5.41, 5.74) is 0.930. The number of benzene rings is 2. The van der Waals surface area contributed by atoms with Crippen LogP contribution in [-0.4, -0.2) is 47.9 Å². The lowest BCUT2D eigenvalue weighted by atomic mass is 9.84. The van der Waals surface area contributed by atoms with Crippen molar-refractivity contribution in [1.29, 1.82) is 0 Å². The number of rotatable bonds is 22. The number of Topliss-reactive ketones (excluding diaryl/α,β-unsaturated/α-hetero) is 1. The van der Waals surface area contributed by atoms with E-state index in [1.807, 2.05) is 56.3 Å². The molecule has 8 heteroatoms. The molecule has 0 aliphatic heterocycles. The number of aldehydes is 1. The molecular formula is C40H59N3O5. The molecule has 3 N–H and O–H groups in total. The number of carbonyl (C=O) groups is 5. The lowest BCUT2D eigenvalue weighted by Gasteiger charge is -2.27. The van der Waals surface area contributed by atoms with Gasteiger partial charge in [0.25, 0.3) is 0 Å². The molecule has 0 heterocycles. The van der Waals surface area contributed by atoms with Crippen LogP contribution in [0.3, 0.4) is 0 Å². The van der Waals surface area contributed by atoms with Gasteiger partial charge in [-0.1, -0.05) is 121 Å². The van der Waals surface area contributed by atoms with Crippen LogP contribution in [0.1, 0.15) is 129 Å². The lowest BCUT2D eigenvalue weighted by molar-refractivity contribution is -0.133. The van der Waals surface area contributed by atoms with Crippen molar-refractivity contribution in [2.24, 2.45) is 11.8 Å². The summed E-state index contributed by atoms with van der Waals surface area (Å²) >= 11 is 0. The lowest BCUT2D eigenvalue weighted by Crippen LogP contribution is -2.56. The SMILES string of the molecule is CCCCCCCCCCCC(=O)NC(Cc1cccc2ccccc12)C(=O)NC(CC(C)C)C(=O)NC(C=O)C[C@@H]1CCCCC1=O. The number of ketones is 1. The van der Waals surface area contributed by atoms with E-state index in [4.69, 9.17) is 0 Å². The molecule has 1 fully saturated rings. The maximum atomic E-state index is 13.9. The summed E-state index contributed by atoms with van der Waals surface area (Å²) in [6.45, 7) is 6.15. The Kier molecular flexibility index (Phi) is 17.4. The van der Waals surface area contributed by atoms with Gasteiger partial charge in [0.05, 0.1) is 6.04 Å². The molecule has 1 saturated carbocycles. The number of hydrogen-bond donors (Lipinski definition) is 3. The fraction of sp³-hybridized carbons (Fsp3) is 0.625. The number of fused-ring (bicyclic) bond motifs is 1. The van der Waals surface area contributed by atoms with Crippen LogP contribution in [-0.2, 0) is 30.4 Å². The zero-order valence-corrected chi connectivity index (χ0v) is 29.6. The first kappa shape index (κ1) is 38.9. The molecule has 264 valence electrons. The van der Waals surface area contributed by atoms with E-state index in [-0.39, 0.29) is 36.4 Å². The second kappa shape index (κ2) is 21.4. The molecule has 3 amide bonds. The van der Waals surface area contributed by atoms with E-state index in [0.29, 0.717) is 25.5 Å². The van der Waals surface area contributed by atoms with Gasteiger partial charge in [-0.3, -0.25) is 19.2 Å². The van der Waals surface area contributed by atoms with Crippen LogP contribution in [0.4, 0.5) is 0 Å². The van der Waals surface area contributed by atoms with Gasteiger partial charge in [-0.2, -0.15) is 0 Å². The van der Waals surface area contributed by atoms with Crippen molar-refractivity contribution in [3.63, 3.8) is 0 Å². The predicted molar refractivity (Wildman–Crippen MR) is 192 cm³/mol. The molecular weight excluding hydrogens is 602 g/mol. The number of unbranched alkanes of at least 4 members (excludes halogenated alkanes) is 8. The van der Waals surface area contributed by atoms with Gasteiger partial charge in [0.1, 0.15) is 24.2 Å². The fourth-order valence-corrected chi connectivity index (χ4v) is 6.78. The zero-order chi connectivity index (χ0) is 34.7. The van der Waals surface area contributed by atoms with Crippen LogP contribution in [0.5, 0.6) is 0 Å². The summed E-state index contributed by atoms with van der Waals surface area (Å²) in [4.78, 5) is 65.0. The minimum Gasteiger partial charge on any atom is -0.345 e. The van der Waals surface area contributed by atoms with E-state index < -0.39 is 29.9 Å². The van der Waals surface area contributed by atoms with Gasteiger partial charge in [0.15, 0.2) is 0 Å². The molecule has 3 rings (SSSR count). The average Bonchev–Trinajstić information content (AvgIpc) is 3.07. The topological polar surface area (TPSA) is 121 Å². The van der Waals surface area contributed by atoms with Crippen molar-refractivity contribution in [1.82, 2.24) is 16.0 Å². The van der Waals surface area contributed by atoms with E-state index in [2.05, 4.69) is 22.9 Å². The summed E-state index contributed by atoms with van der Waals surface area (Å²) in [6, 6.07) is 11.3. The first-order valence-electron chi connectivity index (χ1n) is 18.6. The number of hydrogen-bond acceptors (Lipinski definition) is 5. The summed E-state index contributed by atoms with van der Waals surface area (Å²) in [5, 5.41) is 10.8. The third-order valence-electron chi connectivity index (χ3n) is 9.51. The van der Waals surface area contributed by atoms with Gasteiger partial charge in [-0.25, -0.2) is 0 Å². The summed E-state index contributed by atoms with van der Waals surface area (Å²) in [5.74, 6) is -1.09. The van der Waals surface area contributed by atoms with Gasteiger partial charge in [-0.05, 0) is 54.4 Å². The largest absolute Gasteiger partial charge is 0.345 e. The van der Waals surface area contributed by atoms with Crippen molar-refractivity contribution < 1.29 is 24.0 Å². The molecule has 0 bridgehead atoms. The third kappa shape index (κ3) is 13.5. The van der Waals surface area contributed by atoms with Crippen LogP contribution in [0.2, 0.25) is 0 Å².